The average molecular weight is 845 g/mol. The fourth-order valence-electron chi connectivity index (χ4n) is 5.80. The van der Waals surface area contributed by atoms with E-state index in [4.69, 9.17) is 4.55 Å². The Morgan fingerprint density at radius 1 is 0.564 bits per heavy atom. The molecule has 0 unspecified atom stereocenters. The predicted octanol–water partition coefficient (Wildman–Crippen LogP) is 9.76. The number of carbonyl (C=O) groups excluding carboxylic acids is 1. The molecule has 55 heavy (non-hydrogen) atoms. The Morgan fingerprint density at radius 2 is 0.945 bits per heavy atom. The van der Waals surface area contributed by atoms with Crippen LogP contribution in [0.4, 0.5) is 0 Å². The van der Waals surface area contributed by atoms with Crippen LogP contribution in [0, 0.1) is 0 Å². The first kappa shape index (κ1) is 58.8. The first-order valence-corrected chi connectivity index (χ1v) is 24.8. The van der Waals surface area contributed by atoms with Gasteiger partial charge in [0.1, 0.15) is 0 Å². The third-order valence-electron chi connectivity index (χ3n) is 9.06. The van der Waals surface area contributed by atoms with Crippen molar-refractivity contribution in [2.45, 2.75) is 206 Å². The summed E-state index contributed by atoms with van der Waals surface area (Å²) in [6.45, 7) is 4.92. The molecule has 13 heteroatoms. The number of nitrogens with zero attached hydrogens (tertiary/aromatic N) is 1. The number of allylic oxidation sites excluding steroid dienone is 4. The summed E-state index contributed by atoms with van der Waals surface area (Å²) in [6, 6.07) is 0. The third kappa shape index (κ3) is 57.9. The van der Waals surface area contributed by atoms with Gasteiger partial charge in [-0.25, -0.2) is 8.42 Å². The molecule has 0 aliphatic rings. The number of aliphatic imine (C=N–C) groups is 1. The van der Waals surface area contributed by atoms with Gasteiger partial charge in [-0.2, -0.15) is 8.42 Å². The Bertz CT molecular complexity index is 1150. The zero-order chi connectivity index (χ0) is 40.4. The van der Waals surface area contributed by atoms with Crippen LogP contribution in [0.5, 0.6) is 0 Å². The summed E-state index contributed by atoms with van der Waals surface area (Å²) in [7, 11) is -8.11. The molecule has 320 valence electrons. The number of unbranched alkanes of at least 4 members (excludes halogenated alkanes) is 22. The molecule has 0 aliphatic heterocycles. The van der Waals surface area contributed by atoms with E-state index in [1.807, 2.05) is 0 Å². The molecule has 0 spiro atoms. The Kier molecular flexibility index (Phi) is 47.7. The molecule has 10 nitrogen and oxygen atoms in total. The summed E-state index contributed by atoms with van der Waals surface area (Å²) in [5.41, 5.74) is 0. The van der Waals surface area contributed by atoms with Gasteiger partial charge in [0.2, 0.25) is 5.91 Å². The quantitative estimate of drug-likeness (QED) is 0.0154. The number of hydrogen-bond donors (Lipinski definition) is 2. The molecule has 0 heterocycles. The maximum absolute atomic E-state index is 11.6. The van der Waals surface area contributed by atoms with Crippen molar-refractivity contribution in [3.8, 4) is 0 Å². The fraction of sp³-hybridized carbons (Fsp3) is 0.857. The first-order valence-electron chi connectivity index (χ1n) is 21.6. The normalized spacial score (nSPS) is 12.2. The van der Waals surface area contributed by atoms with Gasteiger partial charge in [0, 0.05) is 25.3 Å². The van der Waals surface area contributed by atoms with Crippen LogP contribution in [0.15, 0.2) is 29.3 Å². The van der Waals surface area contributed by atoms with Crippen LogP contribution in [0.3, 0.4) is 0 Å². The standard InChI is InChI=1S/2C21H41NO4S.Ca/c2*1-2-3-4-5-6-7-8-9-10-11-12-13-14-15-16-18-21(23)22-19-17-20-27(24,25)26;/h2*9-10H,2-8,11-20H2,1H3,(H,22,23)(H,24,25,26);/q;;+2/p-2/b2*10-9+;. The van der Waals surface area contributed by atoms with Crippen LogP contribution < -0.4 is 10.4 Å². The van der Waals surface area contributed by atoms with Crippen molar-refractivity contribution in [1.29, 1.82) is 0 Å². The van der Waals surface area contributed by atoms with Gasteiger partial charge >= 0.3 is 37.7 Å². The topological polar surface area (TPSA) is 176 Å². The first-order chi connectivity index (χ1) is 25.9. The maximum atomic E-state index is 11.6. The van der Waals surface area contributed by atoms with E-state index in [2.05, 4.69) is 48.5 Å². The number of nitrogens with one attached hydrogen (secondary N) is 1. The molecule has 0 atom stereocenters. The molecule has 0 aromatic rings. The van der Waals surface area contributed by atoms with Gasteiger partial charge in [-0.3, -0.25) is 9.35 Å². The largest absolute Gasteiger partial charge is 2.00 e. The Labute approximate surface area is 368 Å². The predicted molar refractivity (Wildman–Crippen MR) is 230 cm³/mol. The van der Waals surface area contributed by atoms with Crippen LogP contribution in [-0.4, -0.2) is 100 Å². The van der Waals surface area contributed by atoms with Crippen molar-refractivity contribution in [1.82, 2.24) is 5.32 Å². The van der Waals surface area contributed by atoms with Gasteiger partial charge in [-0.1, -0.05) is 141 Å². The number of rotatable bonds is 38. The van der Waals surface area contributed by atoms with Crippen LogP contribution in [0.2, 0.25) is 0 Å². The number of carbonyl (C=O) groups is 1. The van der Waals surface area contributed by atoms with Crippen LogP contribution in [0.25, 0.3) is 0 Å². The van der Waals surface area contributed by atoms with Crippen molar-refractivity contribution in [3.05, 3.63) is 24.3 Å². The second-order valence-corrected chi connectivity index (χ2v) is 17.6. The van der Waals surface area contributed by atoms with E-state index in [9.17, 15) is 31.3 Å². The van der Waals surface area contributed by atoms with E-state index in [-0.39, 0.29) is 74.7 Å². The molecule has 0 saturated carbocycles. The molecular formula is C42H80CaN2O8S2. The molecule has 0 aliphatic carbocycles. The molecule has 0 bridgehead atoms. The van der Waals surface area contributed by atoms with Gasteiger partial charge in [-0.05, 0) is 89.4 Å². The molecule has 0 saturated heterocycles. The molecule has 0 rings (SSSR count). The zero-order valence-corrected chi connectivity index (χ0v) is 39.0. The third-order valence-corrected chi connectivity index (χ3v) is 10.7. The summed E-state index contributed by atoms with van der Waals surface area (Å²) in [4.78, 5) is 15.3. The van der Waals surface area contributed by atoms with Gasteiger partial charge in [-0.15, -0.1) is 0 Å². The summed E-state index contributed by atoms with van der Waals surface area (Å²) < 4.78 is 60.9. The van der Waals surface area contributed by atoms with Crippen molar-refractivity contribution in [3.63, 3.8) is 0 Å². The van der Waals surface area contributed by atoms with Crippen LogP contribution >= 0.6 is 0 Å². The molecule has 0 aromatic heterocycles. The van der Waals surface area contributed by atoms with Crippen molar-refractivity contribution in [2.75, 3.05) is 24.6 Å². The molecule has 0 fully saturated rings. The Balaban J connectivity index is -0.000000966. The monoisotopic (exact) mass is 844 g/mol. The molecule has 1 amide bonds. The van der Waals surface area contributed by atoms with E-state index < -0.39 is 26.0 Å². The summed E-state index contributed by atoms with van der Waals surface area (Å²) in [6.07, 6.45) is 42.4. The van der Waals surface area contributed by atoms with Gasteiger partial charge in [0.05, 0.1) is 15.9 Å². The van der Waals surface area contributed by atoms with E-state index in [1.165, 1.54) is 116 Å². The summed E-state index contributed by atoms with van der Waals surface area (Å²) in [5.74, 6) is -0.975. The van der Waals surface area contributed by atoms with E-state index in [0.717, 1.165) is 51.4 Å². The molecule has 0 aromatic carbocycles. The van der Waals surface area contributed by atoms with E-state index in [1.54, 1.807) is 0 Å². The number of amides is 1. The minimum absolute atomic E-state index is 0. The molecule has 2 N–H and O–H groups in total. The van der Waals surface area contributed by atoms with Crippen molar-refractivity contribution >= 4 is 69.8 Å². The molecular weight excluding hydrogens is 765 g/mol. The maximum Gasteiger partial charge on any atom is 2.00 e. The van der Waals surface area contributed by atoms with Gasteiger partial charge < -0.3 is 20.0 Å². The smallest absolute Gasteiger partial charge is 0.862 e. The van der Waals surface area contributed by atoms with Crippen LogP contribution in [-0.2, 0) is 25.0 Å². The van der Waals surface area contributed by atoms with Gasteiger partial charge in [0.15, 0.2) is 0 Å². The average Bonchev–Trinajstić information content (AvgIpc) is 3.11. The van der Waals surface area contributed by atoms with Crippen LogP contribution in [0.1, 0.15) is 206 Å². The summed E-state index contributed by atoms with van der Waals surface area (Å²) >= 11 is 0. The second-order valence-electron chi connectivity index (χ2n) is 14.5. The summed E-state index contributed by atoms with van der Waals surface area (Å²) in [5, 5.41) is 14.2. The zero-order valence-electron chi connectivity index (χ0n) is 35.1. The number of hydrogen-bond acceptors (Lipinski definition) is 8. The second kappa shape index (κ2) is 44.6. The SMILES string of the molecule is CCCCCCCC/C=C/CCCCCCCC(=O)NCCCS(=O)(=O)O.CCCCCCCC/C=C/CCCCCCCC([O-])=NCCCS(=O)(=O)[O-].[Ca+2]. The van der Waals surface area contributed by atoms with Gasteiger partial charge in [0.25, 0.3) is 10.1 Å². The fourth-order valence-corrected chi connectivity index (χ4v) is 6.79. The van der Waals surface area contributed by atoms with E-state index >= 15 is 0 Å². The van der Waals surface area contributed by atoms with Crippen molar-refractivity contribution in [2.24, 2.45) is 4.99 Å². The van der Waals surface area contributed by atoms with Crippen molar-refractivity contribution < 1.29 is 35.8 Å². The Morgan fingerprint density at radius 3 is 1.35 bits per heavy atom. The molecule has 0 radical (unpaired) electrons. The van der Waals surface area contributed by atoms with E-state index in [0.29, 0.717) is 19.4 Å². The minimum Gasteiger partial charge on any atom is -0.862 e. The Hall–Kier alpha value is -0.500. The minimum atomic E-state index is -4.19.